The summed E-state index contributed by atoms with van der Waals surface area (Å²) >= 11 is 0. The van der Waals surface area contributed by atoms with Crippen LogP contribution in [-0.4, -0.2) is 34.2 Å². The molecule has 0 N–H and O–H groups in total. The molecule has 2 aromatic heterocycles. The van der Waals surface area contributed by atoms with E-state index in [0.717, 1.165) is 24.2 Å². The first-order valence-electron chi connectivity index (χ1n) is 8.45. The number of nitrogens with zero attached hydrogens (tertiary/aromatic N) is 4. The minimum atomic E-state index is 0.281. The molecule has 1 saturated carbocycles. The summed E-state index contributed by atoms with van der Waals surface area (Å²) in [6, 6.07) is 0. The van der Waals surface area contributed by atoms with Gasteiger partial charge in [0.15, 0.2) is 0 Å². The van der Waals surface area contributed by atoms with Gasteiger partial charge < -0.3 is 9.47 Å². The Morgan fingerprint density at radius 3 is 1.50 bits per heavy atom. The lowest BCUT2D eigenvalue weighted by molar-refractivity contribution is 0.0744. The topological polar surface area (TPSA) is 70.0 Å². The Bertz CT molecular complexity index is 635. The SMILES string of the molecule is CCC1C(CC)C(c2cncc(OC)n2)C1c1cncc(OC)n1. The Kier molecular flexibility index (Phi) is 4.92. The number of rotatable bonds is 6. The van der Waals surface area contributed by atoms with Crippen LogP contribution in [0.5, 0.6) is 11.8 Å². The normalized spacial score (nSPS) is 25.8. The quantitative estimate of drug-likeness (QED) is 0.811. The van der Waals surface area contributed by atoms with Gasteiger partial charge >= 0.3 is 0 Å². The van der Waals surface area contributed by atoms with Gasteiger partial charge in [-0.05, 0) is 11.8 Å². The highest BCUT2D eigenvalue weighted by Gasteiger charge is 2.51. The van der Waals surface area contributed by atoms with Crippen molar-refractivity contribution in [3.05, 3.63) is 36.2 Å². The summed E-state index contributed by atoms with van der Waals surface area (Å²) in [5, 5.41) is 0. The first-order valence-corrected chi connectivity index (χ1v) is 8.45. The van der Waals surface area contributed by atoms with Crippen LogP contribution in [0.2, 0.25) is 0 Å². The lowest BCUT2D eigenvalue weighted by atomic mass is 9.53. The molecule has 0 amide bonds. The number of hydrogen-bond donors (Lipinski definition) is 0. The molecule has 24 heavy (non-hydrogen) atoms. The Labute approximate surface area is 142 Å². The second kappa shape index (κ2) is 7.11. The van der Waals surface area contributed by atoms with E-state index in [1.54, 1.807) is 26.6 Å². The monoisotopic (exact) mass is 328 g/mol. The molecule has 0 saturated heterocycles. The van der Waals surface area contributed by atoms with Gasteiger partial charge in [-0.25, -0.2) is 9.97 Å². The molecule has 0 aliphatic heterocycles. The molecule has 128 valence electrons. The summed E-state index contributed by atoms with van der Waals surface area (Å²) < 4.78 is 10.5. The second-order valence-electron chi connectivity index (χ2n) is 6.17. The second-order valence-corrected chi connectivity index (χ2v) is 6.17. The highest BCUT2D eigenvalue weighted by molar-refractivity contribution is 5.28. The third-order valence-corrected chi connectivity index (χ3v) is 5.17. The van der Waals surface area contributed by atoms with Crippen molar-refractivity contribution in [3.8, 4) is 11.8 Å². The third kappa shape index (κ3) is 2.81. The lowest BCUT2D eigenvalue weighted by Crippen LogP contribution is -2.43. The van der Waals surface area contributed by atoms with Gasteiger partial charge in [-0.3, -0.25) is 9.97 Å². The highest BCUT2D eigenvalue weighted by Crippen LogP contribution is 2.59. The molecular weight excluding hydrogens is 304 g/mol. The van der Waals surface area contributed by atoms with Gasteiger partial charge in [-0.2, -0.15) is 0 Å². The maximum Gasteiger partial charge on any atom is 0.232 e. The summed E-state index contributed by atoms with van der Waals surface area (Å²) in [6.45, 7) is 4.48. The first kappa shape index (κ1) is 16.6. The Morgan fingerprint density at radius 2 is 1.17 bits per heavy atom. The fourth-order valence-corrected chi connectivity index (χ4v) is 4.08. The standard InChI is InChI=1S/C18H24N4O2/c1-5-11-12(6-2)18(14-8-20-10-16(22-14)24-4)17(11)13-7-19-9-15(21-13)23-3/h7-12,17-18H,5-6H2,1-4H3. The molecule has 1 aliphatic carbocycles. The Morgan fingerprint density at radius 1 is 0.750 bits per heavy atom. The summed E-state index contributed by atoms with van der Waals surface area (Å²) in [7, 11) is 3.23. The lowest BCUT2D eigenvalue weighted by Gasteiger charge is -2.51. The molecule has 4 unspecified atom stereocenters. The van der Waals surface area contributed by atoms with Gasteiger partial charge in [0.05, 0.1) is 38.0 Å². The predicted molar refractivity (Wildman–Crippen MR) is 90.2 cm³/mol. The minimum absolute atomic E-state index is 0.281. The summed E-state index contributed by atoms with van der Waals surface area (Å²) in [5.41, 5.74) is 1.95. The van der Waals surface area contributed by atoms with Crippen molar-refractivity contribution in [2.75, 3.05) is 14.2 Å². The summed E-state index contributed by atoms with van der Waals surface area (Å²) in [4.78, 5) is 17.9. The molecule has 1 fully saturated rings. The van der Waals surface area contributed by atoms with E-state index in [9.17, 15) is 0 Å². The van der Waals surface area contributed by atoms with E-state index in [0.29, 0.717) is 23.6 Å². The summed E-state index contributed by atoms with van der Waals surface area (Å²) in [6.07, 6.45) is 9.19. The fourth-order valence-electron chi connectivity index (χ4n) is 4.08. The molecule has 2 heterocycles. The molecule has 0 spiro atoms. The van der Waals surface area contributed by atoms with Crippen molar-refractivity contribution < 1.29 is 9.47 Å². The average Bonchev–Trinajstić information content (AvgIpc) is 2.62. The maximum atomic E-state index is 5.25. The van der Waals surface area contributed by atoms with Gasteiger partial charge in [0.25, 0.3) is 0 Å². The van der Waals surface area contributed by atoms with E-state index in [2.05, 4.69) is 33.8 Å². The van der Waals surface area contributed by atoms with Crippen LogP contribution in [0.4, 0.5) is 0 Å². The van der Waals surface area contributed by atoms with E-state index >= 15 is 0 Å². The van der Waals surface area contributed by atoms with Crippen LogP contribution in [0.1, 0.15) is 49.9 Å². The van der Waals surface area contributed by atoms with Crippen LogP contribution < -0.4 is 9.47 Å². The van der Waals surface area contributed by atoms with Crippen LogP contribution in [0.15, 0.2) is 24.8 Å². The van der Waals surface area contributed by atoms with Gasteiger partial charge in [0.2, 0.25) is 11.8 Å². The molecule has 6 nitrogen and oxygen atoms in total. The van der Waals surface area contributed by atoms with E-state index in [-0.39, 0.29) is 11.8 Å². The molecule has 6 heteroatoms. The zero-order valence-corrected chi connectivity index (χ0v) is 14.6. The van der Waals surface area contributed by atoms with E-state index in [4.69, 9.17) is 9.47 Å². The number of ether oxygens (including phenoxy) is 2. The molecule has 4 atom stereocenters. The number of methoxy groups -OCH3 is 2. The largest absolute Gasteiger partial charge is 0.480 e. The van der Waals surface area contributed by atoms with Gasteiger partial charge in [0.1, 0.15) is 0 Å². The van der Waals surface area contributed by atoms with Gasteiger partial charge in [0, 0.05) is 24.2 Å². The zero-order valence-electron chi connectivity index (χ0n) is 14.6. The third-order valence-electron chi connectivity index (χ3n) is 5.17. The average molecular weight is 328 g/mol. The van der Waals surface area contributed by atoms with Crippen LogP contribution >= 0.6 is 0 Å². The van der Waals surface area contributed by atoms with Gasteiger partial charge in [-0.1, -0.05) is 26.7 Å². The number of aromatic nitrogens is 4. The fraction of sp³-hybridized carbons (Fsp3) is 0.556. The predicted octanol–water partition coefficient (Wildman–Crippen LogP) is 3.22. The van der Waals surface area contributed by atoms with Crippen LogP contribution in [0.25, 0.3) is 0 Å². The molecule has 1 aliphatic rings. The number of hydrogen-bond acceptors (Lipinski definition) is 6. The van der Waals surface area contributed by atoms with Crippen LogP contribution in [0.3, 0.4) is 0 Å². The smallest absolute Gasteiger partial charge is 0.232 e. The van der Waals surface area contributed by atoms with Crippen molar-refractivity contribution in [3.63, 3.8) is 0 Å². The van der Waals surface area contributed by atoms with Crippen molar-refractivity contribution >= 4 is 0 Å². The molecule has 0 bridgehead atoms. The molecule has 2 aromatic rings. The summed E-state index contributed by atoms with van der Waals surface area (Å²) in [5.74, 6) is 2.80. The molecule has 3 rings (SSSR count). The van der Waals surface area contributed by atoms with Crippen molar-refractivity contribution in [1.29, 1.82) is 0 Å². The van der Waals surface area contributed by atoms with Crippen LogP contribution in [0, 0.1) is 11.8 Å². The first-order chi connectivity index (χ1) is 11.7. The van der Waals surface area contributed by atoms with E-state index in [1.807, 2.05) is 12.4 Å². The van der Waals surface area contributed by atoms with Crippen molar-refractivity contribution in [2.45, 2.75) is 38.5 Å². The molecule has 0 radical (unpaired) electrons. The van der Waals surface area contributed by atoms with Gasteiger partial charge in [-0.15, -0.1) is 0 Å². The van der Waals surface area contributed by atoms with E-state index in [1.165, 1.54) is 0 Å². The van der Waals surface area contributed by atoms with E-state index < -0.39 is 0 Å². The minimum Gasteiger partial charge on any atom is -0.480 e. The molecule has 0 aromatic carbocycles. The Hall–Kier alpha value is -2.24. The highest BCUT2D eigenvalue weighted by atomic mass is 16.5. The van der Waals surface area contributed by atoms with Crippen LogP contribution in [-0.2, 0) is 0 Å². The maximum absolute atomic E-state index is 5.25. The zero-order chi connectivity index (χ0) is 17.1. The molecular formula is C18H24N4O2. The Balaban J connectivity index is 2.00. The van der Waals surface area contributed by atoms with Crippen molar-refractivity contribution in [2.24, 2.45) is 11.8 Å². The van der Waals surface area contributed by atoms with Crippen molar-refractivity contribution in [1.82, 2.24) is 19.9 Å².